The molecule has 0 bridgehead atoms. The number of rotatable bonds is 2. The second kappa shape index (κ2) is 4.09. The van der Waals surface area contributed by atoms with Crippen molar-refractivity contribution >= 4 is 27.6 Å². The van der Waals surface area contributed by atoms with Crippen molar-refractivity contribution in [2.24, 2.45) is 0 Å². The Hall–Kier alpha value is -1.24. The van der Waals surface area contributed by atoms with Gasteiger partial charge in [-0.25, -0.2) is 4.79 Å². The number of carboxylic acids is 1. The monoisotopic (exact) mass is 283 g/mol. The van der Waals surface area contributed by atoms with Gasteiger partial charge in [0.15, 0.2) is 0 Å². The Morgan fingerprint density at radius 3 is 2.47 bits per heavy atom. The Morgan fingerprint density at radius 2 is 2.00 bits per heavy atom. The van der Waals surface area contributed by atoms with Crippen LogP contribution >= 0.6 is 15.9 Å². The fourth-order valence-corrected chi connectivity index (χ4v) is 1.32. The smallest absolute Gasteiger partial charge is 0.478 e. The summed E-state index contributed by atoms with van der Waals surface area (Å²) in [5.41, 5.74) is -0.931. The summed E-state index contributed by atoms with van der Waals surface area (Å²) in [7, 11) is 0. The minimum absolute atomic E-state index is 0.396. The van der Waals surface area contributed by atoms with Gasteiger partial charge < -0.3 is 5.11 Å². The van der Waals surface area contributed by atoms with Crippen molar-refractivity contribution in [3.63, 3.8) is 0 Å². The van der Waals surface area contributed by atoms with Gasteiger partial charge in [-0.1, -0.05) is 15.9 Å². The van der Waals surface area contributed by atoms with Crippen LogP contribution in [0.15, 0.2) is 22.7 Å². The number of carboxylic acid groups (broad SMARTS) is 1. The van der Waals surface area contributed by atoms with Gasteiger partial charge >= 0.3 is 12.3 Å². The summed E-state index contributed by atoms with van der Waals surface area (Å²) < 4.78 is 36.3. The number of nitrogens with one attached hydrogen (secondary N) is 1. The van der Waals surface area contributed by atoms with E-state index in [9.17, 15) is 18.0 Å². The van der Waals surface area contributed by atoms with Gasteiger partial charge in [0, 0.05) is 4.47 Å². The van der Waals surface area contributed by atoms with Crippen LogP contribution in [0.5, 0.6) is 0 Å². The van der Waals surface area contributed by atoms with Crippen molar-refractivity contribution in [1.29, 1.82) is 0 Å². The first-order chi connectivity index (χ1) is 6.79. The van der Waals surface area contributed by atoms with E-state index in [2.05, 4.69) is 15.9 Å². The number of anilines is 1. The van der Waals surface area contributed by atoms with E-state index in [1.54, 1.807) is 0 Å². The summed E-state index contributed by atoms with van der Waals surface area (Å²) in [6.07, 6.45) is -4.65. The summed E-state index contributed by atoms with van der Waals surface area (Å²) in [6, 6.07) is 3.46. The molecule has 2 N–H and O–H groups in total. The van der Waals surface area contributed by atoms with Crippen molar-refractivity contribution in [2.45, 2.75) is 6.30 Å². The predicted molar refractivity (Wildman–Crippen MR) is 50.8 cm³/mol. The first-order valence-corrected chi connectivity index (χ1v) is 4.46. The van der Waals surface area contributed by atoms with Gasteiger partial charge in [-0.15, -0.1) is 0 Å². The highest BCUT2D eigenvalue weighted by Crippen LogP contribution is 2.26. The summed E-state index contributed by atoms with van der Waals surface area (Å²) in [5, 5.41) is 9.82. The standard InChI is InChI=1S/C8H5BrF3NO2/c9-4-1-2-6(13-8(10,11)12)5(3-4)7(14)15/h1-3,13H,(H,14,15). The second-order valence-corrected chi connectivity index (χ2v) is 3.53. The molecule has 1 rings (SSSR count). The molecule has 0 saturated heterocycles. The first kappa shape index (κ1) is 11.8. The normalized spacial score (nSPS) is 11.2. The Bertz CT molecular complexity index is 392. The lowest BCUT2D eigenvalue weighted by Gasteiger charge is -2.12. The molecule has 0 aliphatic heterocycles. The Morgan fingerprint density at radius 1 is 1.40 bits per heavy atom. The van der Waals surface area contributed by atoms with E-state index in [0.717, 1.165) is 17.4 Å². The Balaban J connectivity index is 3.12. The average molecular weight is 284 g/mol. The summed E-state index contributed by atoms with van der Waals surface area (Å²) in [5.74, 6) is -1.43. The topological polar surface area (TPSA) is 49.3 Å². The largest absolute Gasteiger partial charge is 0.482 e. The van der Waals surface area contributed by atoms with Gasteiger partial charge in [-0.2, -0.15) is 13.2 Å². The summed E-state index contributed by atoms with van der Waals surface area (Å²) in [6.45, 7) is 0. The molecule has 15 heavy (non-hydrogen) atoms. The maximum absolute atomic E-state index is 12.0. The molecule has 0 fully saturated rings. The third-order valence-corrected chi connectivity index (χ3v) is 1.98. The van der Waals surface area contributed by atoms with Crippen molar-refractivity contribution < 1.29 is 23.1 Å². The lowest BCUT2D eigenvalue weighted by molar-refractivity contribution is -0.0999. The van der Waals surface area contributed by atoms with Crippen LogP contribution in [-0.2, 0) is 0 Å². The van der Waals surface area contributed by atoms with Crippen LogP contribution in [0.4, 0.5) is 18.9 Å². The van der Waals surface area contributed by atoms with E-state index in [4.69, 9.17) is 5.11 Å². The molecule has 0 amide bonds. The average Bonchev–Trinajstić information content (AvgIpc) is 2.05. The van der Waals surface area contributed by atoms with Crippen LogP contribution in [0.1, 0.15) is 10.4 Å². The summed E-state index contributed by atoms with van der Waals surface area (Å²) >= 11 is 2.97. The predicted octanol–water partition coefficient (Wildman–Crippen LogP) is 3.08. The zero-order valence-electron chi connectivity index (χ0n) is 7.10. The lowest BCUT2D eigenvalue weighted by Crippen LogP contribution is -2.22. The molecule has 7 heteroatoms. The molecule has 1 aromatic carbocycles. The van der Waals surface area contributed by atoms with Crippen molar-refractivity contribution in [3.05, 3.63) is 28.2 Å². The van der Waals surface area contributed by atoms with Gasteiger partial charge in [-0.05, 0) is 18.2 Å². The molecule has 3 nitrogen and oxygen atoms in total. The SMILES string of the molecule is O=C(O)c1cc(Br)ccc1NC(F)(F)F. The third-order valence-electron chi connectivity index (χ3n) is 1.49. The number of aromatic carboxylic acids is 1. The quantitative estimate of drug-likeness (QED) is 0.820. The number of alkyl halides is 3. The molecular weight excluding hydrogens is 279 g/mol. The maximum Gasteiger partial charge on any atom is 0.482 e. The number of halogens is 4. The zero-order chi connectivity index (χ0) is 11.6. The van der Waals surface area contributed by atoms with Crippen molar-refractivity contribution in [2.75, 3.05) is 5.32 Å². The highest BCUT2D eigenvalue weighted by Gasteiger charge is 2.29. The number of carbonyl (C=O) groups is 1. The second-order valence-electron chi connectivity index (χ2n) is 2.62. The fraction of sp³-hybridized carbons (Fsp3) is 0.125. The number of benzene rings is 1. The van der Waals surface area contributed by atoms with Crippen LogP contribution in [0, 0.1) is 0 Å². The molecule has 0 atom stereocenters. The number of hydrogen-bond donors (Lipinski definition) is 2. The van der Waals surface area contributed by atoms with E-state index >= 15 is 0 Å². The molecule has 0 aliphatic carbocycles. The van der Waals surface area contributed by atoms with Gasteiger partial charge in [0.05, 0.1) is 11.3 Å². The summed E-state index contributed by atoms with van der Waals surface area (Å²) in [4.78, 5) is 10.6. The molecular formula is C8H5BrF3NO2. The van der Waals surface area contributed by atoms with Gasteiger partial charge in [0.2, 0.25) is 0 Å². The molecule has 0 unspecified atom stereocenters. The van der Waals surface area contributed by atoms with Crippen LogP contribution < -0.4 is 5.32 Å². The van der Waals surface area contributed by atoms with Crippen LogP contribution in [0.2, 0.25) is 0 Å². The van der Waals surface area contributed by atoms with E-state index in [1.807, 2.05) is 0 Å². The molecule has 0 spiro atoms. The number of hydrogen-bond acceptors (Lipinski definition) is 2. The first-order valence-electron chi connectivity index (χ1n) is 3.67. The molecule has 0 heterocycles. The molecule has 0 saturated carbocycles. The molecule has 0 aromatic heterocycles. The van der Waals surface area contributed by atoms with E-state index in [0.29, 0.717) is 4.47 Å². The Kier molecular flexibility index (Phi) is 3.23. The highest BCUT2D eigenvalue weighted by molar-refractivity contribution is 9.10. The van der Waals surface area contributed by atoms with Crippen molar-refractivity contribution in [1.82, 2.24) is 0 Å². The van der Waals surface area contributed by atoms with Crippen molar-refractivity contribution in [3.8, 4) is 0 Å². The van der Waals surface area contributed by atoms with E-state index in [1.165, 1.54) is 6.07 Å². The molecule has 0 radical (unpaired) electrons. The maximum atomic E-state index is 12.0. The minimum Gasteiger partial charge on any atom is -0.478 e. The van der Waals surface area contributed by atoms with Gasteiger partial charge in [0.1, 0.15) is 0 Å². The Labute approximate surface area is 91.0 Å². The highest BCUT2D eigenvalue weighted by atomic mass is 79.9. The van der Waals surface area contributed by atoms with Crippen LogP contribution in [-0.4, -0.2) is 17.4 Å². The minimum atomic E-state index is -4.65. The van der Waals surface area contributed by atoms with Gasteiger partial charge in [0.25, 0.3) is 0 Å². The molecule has 1 aromatic rings. The van der Waals surface area contributed by atoms with E-state index in [-0.39, 0.29) is 0 Å². The molecule has 0 aliphatic rings. The fourth-order valence-electron chi connectivity index (χ4n) is 0.955. The van der Waals surface area contributed by atoms with Gasteiger partial charge in [-0.3, -0.25) is 5.32 Å². The van der Waals surface area contributed by atoms with Crippen LogP contribution in [0.25, 0.3) is 0 Å². The van der Waals surface area contributed by atoms with E-state index < -0.39 is 23.5 Å². The lowest BCUT2D eigenvalue weighted by atomic mass is 10.2. The zero-order valence-corrected chi connectivity index (χ0v) is 8.69. The van der Waals surface area contributed by atoms with Crippen LogP contribution in [0.3, 0.4) is 0 Å². The third kappa shape index (κ3) is 3.43. The molecule has 82 valence electrons.